The second-order valence-electron chi connectivity index (χ2n) is 4.50. The Morgan fingerprint density at radius 1 is 1.39 bits per heavy atom. The van der Waals surface area contributed by atoms with Crippen LogP contribution in [0.4, 0.5) is 0 Å². The van der Waals surface area contributed by atoms with Crippen LogP contribution < -0.4 is 0 Å². The quantitative estimate of drug-likeness (QED) is 0.794. The van der Waals surface area contributed by atoms with Crippen molar-refractivity contribution in [2.45, 2.75) is 32.8 Å². The zero-order valence-electron chi connectivity index (χ0n) is 11.0. The Balaban J connectivity index is 2.04. The molecule has 1 unspecified atom stereocenters. The lowest BCUT2D eigenvalue weighted by Gasteiger charge is -2.07. The van der Waals surface area contributed by atoms with Crippen molar-refractivity contribution in [1.82, 2.24) is 0 Å². The van der Waals surface area contributed by atoms with Crippen LogP contribution in [0.25, 0.3) is 11.0 Å². The molecule has 1 aromatic carbocycles. The Morgan fingerprint density at radius 3 is 2.94 bits per heavy atom. The largest absolute Gasteiger partial charge is 0.458 e. The van der Waals surface area contributed by atoms with Crippen LogP contribution >= 0.6 is 0 Å². The molecule has 0 fully saturated rings. The number of hydrogen-bond acceptors (Lipinski definition) is 3. The molecule has 18 heavy (non-hydrogen) atoms. The summed E-state index contributed by atoms with van der Waals surface area (Å²) < 4.78 is 11.0. The molecule has 0 saturated heterocycles. The third kappa shape index (κ3) is 2.92. The summed E-state index contributed by atoms with van der Waals surface area (Å²) in [4.78, 5) is 0. The monoisotopic (exact) mass is 248 g/mol. The zero-order valence-corrected chi connectivity index (χ0v) is 11.0. The molecule has 0 radical (unpaired) electrons. The van der Waals surface area contributed by atoms with Crippen LogP contribution in [0.5, 0.6) is 0 Å². The fraction of sp³-hybridized carbons (Fsp3) is 0.467. The summed E-state index contributed by atoms with van der Waals surface area (Å²) >= 11 is 0. The van der Waals surface area contributed by atoms with E-state index in [1.54, 1.807) is 0 Å². The molecular weight excluding hydrogens is 228 g/mol. The van der Waals surface area contributed by atoms with E-state index in [2.05, 4.69) is 0 Å². The first kappa shape index (κ1) is 13.1. The maximum Gasteiger partial charge on any atom is 0.137 e. The highest BCUT2D eigenvalue weighted by atomic mass is 16.5. The van der Waals surface area contributed by atoms with Gasteiger partial charge in [-0.25, -0.2) is 0 Å². The molecule has 0 spiro atoms. The van der Waals surface area contributed by atoms with Crippen LogP contribution in [0.15, 0.2) is 28.7 Å². The Morgan fingerprint density at radius 2 is 2.22 bits per heavy atom. The number of hydrogen-bond donors (Lipinski definition) is 1. The molecule has 0 aliphatic carbocycles. The van der Waals surface area contributed by atoms with Gasteiger partial charge in [-0.1, -0.05) is 18.2 Å². The predicted octanol–water partition coefficient (Wildman–Crippen LogP) is 3.59. The van der Waals surface area contributed by atoms with Gasteiger partial charge in [-0.3, -0.25) is 0 Å². The first-order valence-electron chi connectivity index (χ1n) is 6.47. The molecule has 0 aliphatic rings. The molecule has 0 aliphatic heterocycles. The summed E-state index contributed by atoms with van der Waals surface area (Å²) in [6.07, 6.45) is 0.960. The number of aliphatic hydroxyl groups is 1. The fourth-order valence-corrected chi connectivity index (χ4v) is 2.06. The van der Waals surface area contributed by atoms with Crippen LogP contribution in [0, 0.1) is 6.92 Å². The Kier molecular flexibility index (Phi) is 4.39. The number of rotatable bonds is 6. The van der Waals surface area contributed by atoms with Crippen LogP contribution in [0.2, 0.25) is 0 Å². The van der Waals surface area contributed by atoms with E-state index in [1.807, 2.05) is 38.1 Å². The summed E-state index contributed by atoms with van der Waals surface area (Å²) in [6, 6.07) is 7.94. The van der Waals surface area contributed by atoms with Crippen molar-refractivity contribution < 1.29 is 14.3 Å². The van der Waals surface area contributed by atoms with Crippen LogP contribution in [-0.4, -0.2) is 18.3 Å². The third-order valence-corrected chi connectivity index (χ3v) is 3.06. The van der Waals surface area contributed by atoms with Crippen molar-refractivity contribution in [3.05, 3.63) is 35.6 Å². The maximum atomic E-state index is 10.1. The molecule has 3 nitrogen and oxygen atoms in total. The number of aliphatic hydroxyl groups excluding tert-OH is 1. The molecule has 0 amide bonds. The lowest BCUT2D eigenvalue weighted by Crippen LogP contribution is -1.99. The minimum Gasteiger partial charge on any atom is -0.458 e. The normalized spacial score (nSPS) is 13.1. The molecule has 2 aromatic rings. The van der Waals surface area contributed by atoms with Crippen molar-refractivity contribution >= 4 is 11.0 Å². The molecule has 1 aromatic heterocycles. The van der Waals surface area contributed by atoms with E-state index >= 15 is 0 Å². The van der Waals surface area contributed by atoms with Gasteiger partial charge >= 0.3 is 0 Å². The van der Waals surface area contributed by atoms with Gasteiger partial charge < -0.3 is 14.3 Å². The average molecular weight is 248 g/mol. The lowest BCUT2D eigenvalue weighted by molar-refractivity contribution is 0.104. The topological polar surface area (TPSA) is 42.6 Å². The predicted molar refractivity (Wildman–Crippen MR) is 71.6 cm³/mol. The molecule has 1 heterocycles. The molecular formula is C15H20O3. The number of ether oxygens (including phenoxy) is 1. The molecule has 0 saturated carbocycles. The number of para-hydroxylation sites is 1. The summed E-state index contributed by atoms with van der Waals surface area (Å²) in [5.41, 5.74) is 1.97. The van der Waals surface area contributed by atoms with E-state index in [4.69, 9.17) is 9.15 Å². The first-order valence-corrected chi connectivity index (χ1v) is 6.47. The van der Waals surface area contributed by atoms with E-state index in [9.17, 15) is 5.11 Å². The van der Waals surface area contributed by atoms with Gasteiger partial charge in [-0.2, -0.15) is 0 Å². The molecule has 98 valence electrons. The second-order valence-corrected chi connectivity index (χ2v) is 4.50. The van der Waals surface area contributed by atoms with Crippen molar-refractivity contribution in [3.8, 4) is 0 Å². The SMILES string of the molecule is CCOCCCC(O)c1cc2cccc(C)c2o1. The first-order chi connectivity index (χ1) is 8.72. The third-order valence-electron chi connectivity index (χ3n) is 3.06. The Bertz CT molecular complexity index is 501. The molecule has 0 bridgehead atoms. The van der Waals surface area contributed by atoms with Gasteiger partial charge in [0.25, 0.3) is 0 Å². The molecule has 3 heteroatoms. The van der Waals surface area contributed by atoms with E-state index in [-0.39, 0.29) is 0 Å². The van der Waals surface area contributed by atoms with Gasteiger partial charge in [0, 0.05) is 18.6 Å². The summed E-state index contributed by atoms with van der Waals surface area (Å²) in [6.45, 7) is 5.39. The van der Waals surface area contributed by atoms with Gasteiger partial charge in [0.2, 0.25) is 0 Å². The number of aryl methyl sites for hydroxylation is 1. The van der Waals surface area contributed by atoms with E-state index in [0.29, 0.717) is 18.8 Å². The van der Waals surface area contributed by atoms with Gasteiger partial charge in [0.1, 0.15) is 17.4 Å². The smallest absolute Gasteiger partial charge is 0.137 e. The van der Waals surface area contributed by atoms with Crippen molar-refractivity contribution in [2.75, 3.05) is 13.2 Å². The summed E-state index contributed by atoms with van der Waals surface area (Å²) in [7, 11) is 0. The van der Waals surface area contributed by atoms with Gasteiger partial charge in [0.05, 0.1) is 0 Å². The lowest BCUT2D eigenvalue weighted by atomic mass is 10.1. The second kappa shape index (κ2) is 6.03. The van der Waals surface area contributed by atoms with Crippen molar-refractivity contribution in [2.24, 2.45) is 0 Å². The Labute approximate surface area is 107 Å². The van der Waals surface area contributed by atoms with Crippen molar-refractivity contribution in [3.63, 3.8) is 0 Å². The highest BCUT2D eigenvalue weighted by Gasteiger charge is 2.13. The summed E-state index contributed by atoms with van der Waals surface area (Å²) in [5.74, 6) is 0.649. The molecule has 1 atom stereocenters. The number of fused-ring (bicyclic) bond motifs is 1. The van der Waals surface area contributed by atoms with Gasteiger partial charge in [-0.05, 0) is 38.3 Å². The van der Waals surface area contributed by atoms with Crippen LogP contribution in [0.1, 0.15) is 37.2 Å². The zero-order chi connectivity index (χ0) is 13.0. The highest BCUT2D eigenvalue weighted by Crippen LogP contribution is 2.28. The van der Waals surface area contributed by atoms with E-state index in [1.165, 1.54) is 0 Å². The fourth-order valence-electron chi connectivity index (χ4n) is 2.06. The van der Waals surface area contributed by atoms with E-state index < -0.39 is 6.10 Å². The van der Waals surface area contributed by atoms with Crippen LogP contribution in [-0.2, 0) is 4.74 Å². The van der Waals surface area contributed by atoms with Gasteiger partial charge in [-0.15, -0.1) is 0 Å². The summed E-state index contributed by atoms with van der Waals surface area (Å²) in [5, 5.41) is 11.1. The van der Waals surface area contributed by atoms with Crippen molar-refractivity contribution in [1.29, 1.82) is 0 Å². The Hall–Kier alpha value is -1.32. The molecule has 1 N–H and O–H groups in total. The van der Waals surface area contributed by atoms with Crippen LogP contribution in [0.3, 0.4) is 0 Å². The van der Waals surface area contributed by atoms with Gasteiger partial charge in [0.15, 0.2) is 0 Å². The molecule has 2 rings (SSSR count). The standard InChI is InChI=1S/C15H20O3/c1-3-17-9-5-8-13(16)14-10-12-7-4-6-11(2)15(12)18-14/h4,6-7,10,13,16H,3,5,8-9H2,1-2H3. The average Bonchev–Trinajstić information content (AvgIpc) is 2.80. The minimum atomic E-state index is -0.544. The minimum absolute atomic E-state index is 0.544. The number of benzene rings is 1. The highest BCUT2D eigenvalue weighted by molar-refractivity contribution is 5.80. The number of furan rings is 1. The maximum absolute atomic E-state index is 10.1. The van der Waals surface area contributed by atoms with E-state index in [0.717, 1.165) is 29.6 Å².